The second-order valence-corrected chi connectivity index (χ2v) is 9.24. The molecule has 0 aliphatic heterocycles. The number of guanidine groups is 1. The number of benzene rings is 1. The predicted octanol–water partition coefficient (Wildman–Crippen LogP) is 2.26. The second-order valence-electron chi connectivity index (χ2n) is 6.83. The third kappa shape index (κ3) is 3.37. The third-order valence-electron chi connectivity index (χ3n) is 5.21. The van der Waals surface area contributed by atoms with Gasteiger partial charge in [0.05, 0.1) is 11.3 Å². The van der Waals surface area contributed by atoms with E-state index in [-0.39, 0.29) is 12.5 Å². The summed E-state index contributed by atoms with van der Waals surface area (Å²) in [4.78, 5) is 4.34. The van der Waals surface area contributed by atoms with Crippen LogP contribution in [0.25, 0.3) is 0 Å². The summed E-state index contributed by atoms with van der Waals surface area (Å²) in [6.07, 6.45) is 8.04. The summed E-state index contributed by atoms with van der Waals surface area (Å²) in [6.45, 7) is 0.246. The number of hydrogen-bond acceptors (Lipinski definition) is 3. The van der Waals surface area contributed by atoms with E-state index in [4.69, 9.17) is 5.73 Å². The summed E-state index contributed by atoms with van der Waals surface area (Å²) in [5.41, 5.74) is 9.68. The third-order valence-corrected chi connectivity index (χ3v) is 7.32. The first-order valence-electron chi connectivity index (χ1n) is 8.28. The lowest BCUT2D eigenvalue weighted by Crippen LogP contribution is -2.39. The van der Waals surface area contributed by atoms with Crippen LogP contribution in [-0.2, 0) is 22.7 Å². The van der Waals surface area contributed by atoms with Crippen molar-refractivity contribution in [3.63, 3.8) is 0 Å². The number of nitrogens with zero attached hydrogens (tertiary/aromatic N) is 1. The fraction of sp³-hybridized carbons (Fsp3) is 0.588. The lowest BCUT2D eigenvalue weighted by Gasteiger charge is -2.24. The number of rotatable bonds is 4. The molecular weight excluding hydrogens is 310 g/mol. The number of nitrogens with two attached hydrogens (primary N) is 1. The molecule has 1 fully saturated rings. The summed E-state index contributed by atoms with van der Waals surface area (Å²) in [5, 5.41) is 3.10. The maximum absolute atomic E-state index is 12.1. The van der Waals surface area contributed by atoms with E-state index in [0.717, 1.165) is 31.4 Å². The zero-order valence-corrected chi connectivity index (χ0v) is 14.5. The van der Waals surface area contributed by atoms with Gasteiger partial charge in [-0.25, -0.2) is 8.42 Å². The van der Waals surface area contributed by atoms with E-state index in [0.29, 0.717) is 12.8 Å². The zero-order chi connectivity index (χ0) is 16.5. The molecule has 1 aromatic carbocycles. The van der Waals surface area contributed by atoms with Crippen LogP contribution in [0.4, 0.5) is 5.69 Å². The van der Waals surface area contributed by atoms with Crippen molar-refractivity contribution in [1.29, 1.82) is 0 Å². The smallest absolute Gasteiger partial charge is 0.193 e. The number of aliphatic imine (C=N–C) groups is 1. The number of fused-ring (bicyclic) bond motifs is 1. The summed E-state index contributed by atoms with van der Waals surface area (Å²) in [6, 6.07) is 6.26. The van der Waals surface area contributed by atoms with Crippen LogP contribution in [0.1, 0.15) is 43.2 Å². The minimum atomic E-state index is -3.13. The largest absolute Gasteiger partial charge is 0.370 e. The molecule has 3 N–H and O–H groups in total. The van der Waals surface area contributed by atoms with Gasteiger partial charge in [0.2, 0.25) is 0 Å². The van der Waals surface area contributed by atoms with Crippen LogP contribution in [0.2, 0.25) is 0 Å². The maximum atomic E-state index is 12.1. The van der Waals surface area contributed by atoms with E-state index in [1.165, 1.54) is 23.8 Å². The van der Waals surface area contributed by atoms with Crippen LogP contribution in [0.3, 0.4) is 0 Å². The molecule has 0 heterocycles. The van der Waals surface area contributed by atoms with Gasteiger partial charge in [-0.05, 0) is 55.4 Å². The highest BCUT2D eigenvalue weighted by molar-refractivity contribution is 7.92. The molecule has 0 amide bonds. The van der Waals surface area contributed by atoms with Gasteiger partial charge < -0.3 is 11.1 Å². The Bertz CT molecular complexity index is 719. The SMILES string of the molecule is CS(=O)(=O)C1(CN=C(N)Nc2ccc3c(c2)CCC3)CCCC1. The van der Waals surface area contributed by atoms with Crippen molar-refractivity contribution >= 4 is 21.5 Å². The van der Waals surface area contributed by atoms with Crippen molar-refractivity contribution in [1.82, 2.24) is 0 Å². The van der Waals surface area contributed by atoms with Gasteiger partial charge in [-0.1, -0.05) is 18.9 Å². The number of aryl methyl sites for hydroxylation is 2. The van der Waals surface area contributed by atoms with Gasteiger partial charge in [-0.3, -0.25) is 4.99 Å². The standard InChI is InChI=1S/C17H25N3O2S/c1-23(21,22)17(9-2-3-10-17)12-19-16(18)20-15-8-7-13-5-4-6-14(13)11-15/h7-8,11H,2-6,9-10,12H2,1H3,(H3,18,19,20). The minimum absolute atomic E-state index is 0.246. The highest BCUT2D eigenvalue weighted by Gasteiger charge is 2.43. The average Bonchev–Trinajstić information content (AvgIpc) is 3.13. The molecule has 0 bridgehead atoms. The average molecular weight is 335 g/mol. The lowest BCUT2D eigenvalue weighted by molar-refractivity contribution is 0.521. The topological polar surface area (TPSA) is 84.5 Å². The summed E-state index contributed by atoms with van der Waals surface area (Å²) >= 11 is 0. The van der Waals surface area contributed by atoms with Crippen LogP contribution < -0.4 is 11.1 Å². The highest BCUT2D eigenvalue weighted by atomic mass is 32.2. The Labute approximate surface area is 138 Å². The van der Waals surface area contributed by atoms with Crippen molar-refractivity contribution in [2.75, 3.05) is 18.1 Å². The Morgan fingerprint density at radius 2 is 1.91 bits per heavy atom. The first kappa shape index (κ1) is 16.3. The first-order chi connectivity index (χ1) is 10.9. The van der Waals surface area contributed by atoms with Crippen LogP contribution in [0.15, 0.2) is 23.2 Å². The Balaban J connectivity index is 1.70. The zero-order valence-electron chi connectivity index (χ0n) is 13.6. The molecule has 2 aliphatic carbocycles. The maximum Gasteiger partial charge on any atom is 0.193 e. The Morgan fingerprint density at radius 3 is 2.61 bits per heavy atom. The number of sulfone groups is 1. The normalized spacial score (nSPS) is 20.5. The molecule has 0 aromatic heterocycles. The lowest BCUT2D eigenvalue weighted by atomic mass is 10.1. The molecule has 5 nitrogen and oxygen atoms in total. The van der Waals surface area contributed by atoms with Crippen molar-refractivity contribution in [2.24, 2.45) is 10.7 Å². The van der Waals surface area contributed by atoms with Crippen LogP contribution in [0, 0.1) is 0 Å². The van der Waals surface area contributed by atoms with Gasteiger partial charge >= 0.3 is 0 Å². The number of hydrogen-bond donors (Lipinski definition) is 2. The summed E-state index contributed by atoms with van der Waals surface area (Å²) in [7, 11) is -3.13. The van der Waals surface area contributed by atoms with E-state index in [1.807, 2.05) is 6.07 Å². The van der Waals surface area contributed by atoms with Crippen molar-refractivity contribution in [3.05, 3.63) is 29.3 Å². The molecule has 0 saturated heterocycles. The van der Waals surface area contributed by atoms with Crippen molar-refractivity contribution < 1.29 is 8.42 Å². The summed E-state index contributed by atoms with van der Waals surface area (Å²) in [5.74, 6) is 0.290. The Kier molecular flexibility index (Phi) is 4.36. The van der Waals surface area contributed by atoms with E-state index in [9.17, 15) is 8.42 Å². The molecule has 2 aliphatic rings. The predicted molar refractivity (Wildman–Crippen MR) is 94.6 cm³/mol. The van der Waals surface area contributed by atoms with E-state index in [2.05, 4.69) is 22.4 Å². The molecule has 0 atom stereocenters. The van der Waals surface area contributed by atoms with Crippen molar-refractivity contribution in [3.8, 4) is 0 Å². The van der Waals surface area contributed by atoms with Gasteiger partial charge in [0.15, 0.2) is 15.8 Å². The molecule has 3 rings (SSSR count). The molecule has 0 unspecified atom stereocenters. The van der Waals surface area contributed by atoms with Gasteiger partial charge in [0.1, 0.15) is 0 Å². The van der Waals surface area contributed by atoms with E-state index < -0.39 is 14.6 Å². The fourth-order valence-electron chi connectivity index (χ4n) is 3.73. The first-order valence-corrected chi connectivity index (χ1v) is 10.2. The molecule has 23 heavy (non-hydrogen) atoms. The molecule has 6 heteroatoms. The highest BCUT2D eigenvalue weighted by Crippen LogP contribution is 2.36. The van der Waals surface area contributed by atoms with Crippen molar-refractivity contribution in [2.45, 2.75) is 49.7 Å². The number of nitrogens with one attached hydrogen (secondary N) is 1. The fourth-order valence-corrected chi connectivity index (χ4v) is 5.06. The van der Waals surface area contributed by atoms with Gasteiger partial charge in [-0.15, -0.1) is 0 Å². The van der Waals surface area contributed by atoms with Crippen LogP contribution in [-0.4, -0.2) is 31.9 Å². The Hall–Kier alpha value is -1.56. The second kappa shape index (κ2) is 6.15. The van der Waals surface area contributed by atoms with E-state index in [1.54, 1.807) is 0 Å². The van der Waals surface area contributed by atoms with E-state index >= 15 is 0 Å². The molecule has 0 radical (unpaired) electrons. The minimum Gasteiger partial charge on any atom is -0.370 e. The molecular formula is C17H25N3O2S. The van der Waals surface area contributed by atoms with Crippen LogP contribution >= 0.6 is 0 Å². The molecule has 1 saturated carbocycles. The molecule has 126 valence electrons. The number of anilines is 1. The van der Waals surface area contributed by atoms with Gasteiger partial charge in [0, 0.05) is 11.9 Å². The molecule has 1 aromatic rings. The monoisotopic (exact) mass is 335 g/mol. The van der Waals surface area contributed by atoms with Gasteiger partial charge in [-0.2, -0.15) is 0 Å². The summed E-state index contributed by atoms with van der Waals surface area (Å²) < 4.78 is 23.5. The van der Waals surface area contributed by atoms with Crippen LogP contribution in [0.5, 0.6) is 0 Å². The molecule has 0 spiro atoms. The Morgan fingerprint density at radius 1 is 1.22 bits per heavy atom. The van der Waals surface area contributed by atoms with Gasteiger partial charge in [0.25, 0.3) is 0 Å². The quantitative estimate of drug-likeness (QED) is 0.653.